The molecule has 0 saturated carbocycles. The second-order valence-electron chi connectivity index (χ2n) is 9.51. The first kappa shape index (κ1) is 20.8. The third kappa shape index (κ3) is 3.22. The summed E-state index contributed by atoms with van der Waals surface area (Å²) in [6.07, 6.45) is 5.23. The van der Waals surface area contributed by atoms with Crippen LogP contribution in [0, 0.1) is 0 Å². The molecule has 2 unspecified atom stereocenters. The fraction of sp³-hybridized carbons (Fsp3) is 0.200. The fourth-order valence-electron chi connectivity index (χ4n) is 5.70. The normalized spacial score (nSPS) is 16.7. The van der Waals surface area contributed by atoms with E-state index in [4.69, 9.17) is 22.0 Å². The molecule has 35 heavy (non-hydrogen) atoms. The van der Waals surface area contributed by atoms with Crippen LogP contribution in [0.5, 0.6) is 0 Å². The van der Waals surface area contributed by atoms with Gasteiger partial charge in [0, 0.05) is 45.2 Å². The van der Waals surface area contributed by atoms with Gasteiger partial charge in [-0.1, -0.05) is 43.3 Å². The summed E-state index contributed by atoms with van der Waals surface area (Å²) in [6, 6.07) is 25.2. The SMILES string of the molecule is CC(S)C1CCCc2cc3c4ccccc4n(-c4cc5c(-c6ccccn6)cccc5o4)c3nc21. The number of para-hydroxylation sites is 1. The van der Waals surface area contributed by atoms with Gasteiger partial charge in [0.1, 0.15) is 11.2 Å². The quantitative estimate of drug-likeness (QED) is 0.266. The minimum absolute atomic E-state index is 0.268. The number of rotatable bonds is 3. The highest BCUT2D eigenvalue weighted by Gasteiger charge is 2.27. The topological polar surface area (TPSA) is 43.9 Å². The lowest BCUT2D eigenvalue weighted by Gasteiger charge is -2.27. The Morgan fingerprint density at radius 2 is 1.86 bits per heavy atom. The van der Waals surface area contributed by atoms with Crippen molar-refractivity contribution in [2.45, 2.75) is 37.4 Å². The molecule has 1 aliphatic rings. The van der Waals surface area contributed by atoms with E-state index >= 15 is 0 Å². The van der Waals surface area contributed by atoms with Crippen molar-refractivity contribution in [2.24, 2.45) is 0 Å². The van der Waals surface area contributed by atoms with Crippen molar-refractivity contribution < 1.29 is 4.42 Å². The highest BCUT2D eigenvalue weighted by Crippen LogP contribution is 2.40. The minimum atomic E-state index is 0.268. The summed E-state index contributed by atoms with van der Waals surface area (Å²) in [5, 5.41) is 3.69. The monoisotopic (exact) mass is 475 g/mol. The van der Waals surface area contributed by atoms with E-state index in [1.807, 2.05) is 36.5 Å². The molecule has 0 saturated heterocycles. The number of aromatic nitrogens is 3. The molecule has 0 radical (unpaired) electrons. The molecule has 172 valence electrons. The Morgan fingerprint density at radius 1 is 0.971 bits per heavy atom. The molecule has 5 heteroatoms. The van der Waals surface area contributed by atoms with Crippen LogP contribution in [-0.4, -0.2) is 19.8 Å². The second kappa shape index (κ2) is 7.99. The summed E-state index contributed by atoms with van der Waals surface area (Å²) in [5.74, 6) is 1.14. The molecule has 0 aliphatic heterocycles. The van der Waals surface area contributed by atoms with Gasteiger partial charge >= 0.3 is 0 Å². The maximum Gasteiger partial charge on any atom is 0.207 e. The van der Waals surface area contributed by atoms with E-state index in [0.29, 0.717) is 5.92 Å². The van der Waals surface area contributed by atoms with Crippen molar-refractivity contribution >= 4 is 45.5 Å². The second-order valence-corrected chi connectivity index (χ2v) is 10.3. The summed E-state index contributed by atoms with van der Waals surface area (Å²) in [7, 11) is 0. The number of furan rings is 1. The van der Waals surface area contributed by atoms with Crippen LogP contribution in [0.2, 0.25) is 0 Å². The largest absolute Gasteiger partial charge is 0.440 e. The number of hydrogen-bond donors (Lipinski definition) is 1. The highest BCUT2D eigenvalue weighted by molar-refractivity contribution is 7.81. The molecular formula is C30H25N3OS. The maximum atomic E-state index is 6.49. The lowest BCUT2D eigenvalue weighted by atomic mass is 9.84. The van der Waals surface area contributed by atoms with Gasteiger partial charge in [0.25, 0.3) is 0 Å². The van der Waals surface area contributed by atoms with Gasteiger partial charge in [0.05, 0.1) is 16.9 Å². The van der Waals surface area contributed by atoms with Crippen LogP contribution in [0.4, 0.5) is 0 Å². The van der Waals surface area contributed by atoms with Crippen molar-refractivity contribution in [3.63, 3.8) is 0 Å². The molecule has 2 aromatic carbocycles. The first-order chi connectivity index (χ1) is 17.2. The Hall–Kier alpha value is -3.57. The molecule has 0 spiro atoms. The summed E-state index contributed by atoms with van der Waals surface area (Å²) >= 11 is 4.81. The zero-order valence-corrected chi connectivity index (χ0v) is 20.4. The maximum absolute atomic E-state index is 6.49. The van der Waals surface area contributed by atoms with Crippen LogP contribution in [-0.2, 0) is 6.42 Å². The van der Waals surface area contributed by atoms with E-state index in [-0.39, 0.29) is 5.25 Å². The van der Waals surface area contributed by atoms with Gasteiger partial charge in [0.2, 0.25) is 5.88 Å². The van der Waals surface area contributed by atoms with Crippen LogP contribution in [0.3, 0.4) is 0 Å². The van der Waals surface area contributed by atoms with E-state index in [1.54, 1.807) is 0 Å². The Kier molecular flexibility index (Phi) is 4.74. The van der Waals surface area contributed by atoms with E-state index in [9.17, 15) is 0 Å². The lowest BCUT2D eigenvalue weighted by Crippen LogP contribution is -2.18. The van der Waals surface area contributed by atoms with Crippen molar-refractivity contribution in [2.75, 3.05) is 0 Å². The van der Waals surface area contributed by atoms with Gasteiger partial charge in [-0.05, 0) is 55.2 Å². The summed E-state index contributed by atoms with van der Waals surface area (Å²) in [6.45, 7) is 2.18. The molecule has 0 bridgehead atoms. The summed E-state index contributed by atoms with van der Waals surface area (Å²) < 4.78 is 8.67. The molecule has 0 fully saturated rings. The molecule has 6 aromatic rings. The average molecular weight is 476 g/mol. The molecule has 4 heterocycles. The lowest BCUT2D eigenvalue weighted by molar-refractivity contribution is 0.536. The zero-order valence-electron chi connectivity index (χ0n) is 19.5. The van der Waals surface area contributed by atoms with Crippen molar-refractivity contribution in [3.05, 3.63) is 90.3 Å². The van der Waals surface area contributed by atoms with E-state index in [0.717, 1.165) is 52.1 Å². The van der Waals surface area contributed by atoms with Crippen LogP contribution < -0.4 is 0 Å². The number of pyridine rings is 2. The predicted molar refractivity (Wildman–Crippen MR) is 146 cm³/mol. The van der Waals surface area contributed by atoms with E-state index in [2.05, 4.69) is 58.9 Å². The van der Waals surface area contributed by atoms with Gasteiger partial charge in [-0.25, -0.2) is 4.98 Å². The van der Waals surface area contributed by atoms with Crippen LogP contribution in [0.25, 0.3) is 50.0 Å². The van der Waals surface area contributed by atoms with Crippen LogP contribution >= 0.6 is 12.6 Å². The van der Waals surface area contributed by atoms with Crippen LogP contribution in [0.15, 0.2) is 83.4 Å². The summed E-state index contributed by atoms with van der Waals surface area (Å²) in [4.78, 5) is 9.90. The first-order valence-electron chi connectivity index (χ1n) is 12.2. The number of hydrogen-bond acceptors (Lipinski definition) is 4. The number of nitrogens with zero attached hydrogens (tertiary/aromatic N) is 3. The third-order valence-corrected chi connectivity index (χ3v) is 7.73. The smallest absolute Gasteiger partial charge is 0.207 e. The third-order valence-electron chi connectivity index (χ3n) is 7.37. The molecule has 0 N–H and O–H groups in total. The standard InChI is InChI=1S/C30H25N3OS/c1-18(35)20-10-6-8-19-16-24-22-9-2-3-13-26(22)33(30(24)32-29(19)20)28-17-23-21(11-7-14-27(23)34-28)25-12-4-5-15-31-25/h2-5,7,9,11-18,20,35H,6,8,10H2,1H3. The van der Waals surface area contributed by atoms with Gasteiger partial charge < -0.3 is 4.42 Å². The number of aryl methyl sites for hydroxylation is 1. The Balaban J connectivity index is 1.52. The minimum Gasteiger partial charge on any atom is -0.440 e. The fourth-order valence-corrected chi connectivity index (χ4v) is 5.99. The van der Waals surface area contributed by atoms with Gasteiger partial charge in [0.15, 0.2) is 0 Å². The summed E-state index contributed by atoms with van der Waals surface area (Å²) in [5.41, 5.74) is 7.45. The Labute approximate surface area is 209 Å². The zero-order chi connectivity index (χ0) is 23.5. The molecular weight excluding hydrogens is 450 g/mol. The van der Waals surface area contributed by atoms with Crippen molar-refractivity contribution in [1.29, 1.82) is 0 Å². The van der Waals surface area contributed by atoms with Gasteiger partial charge in [-0.15, -0.1) is 0 Å². The van der Waals surface area contributed by atoms with Gasteiger partial charge in [-0.2, -0.15) is 12.6 Å². The highest BCUT2D eigenvalue weighted by atomic mass is 32.1. The predicted octanol–water partition coefficient (Wildman–Crippen LogP) is 7.73. The van der Waals surface area contributed by atoms with Crippen molar-refractivity contribution in [1.82, 2.24) is 14.5 Å². The Bertz CT molecular complexity index is 1710. The molecule has 7 rings (SSSR count). The number of fused-ring (bicyclic) bond motifs is 5. The number of thiol groups is 1. The molecule has 4 nitrogen and oxygen atoms in total. The van der Waals surface area contributed by atoms with Crippen molar-refractivity contribution in [3.8, 4) is 17.1 Å². The molecule has 0 amide bonds. The van der Waals surface area contributed by atoms with Crippen LogP contribution in [0.1, 0.15) is 36.9 Å². The molecule has 2 atom stereocenters. The van der Waals surface area contributed by atoms with E-state index < -0.39 is 0 Å². The first-order valence-corrected chi connectivity index (χ1v) is 12.8. The molecule has 4 aromatic heterocycles. The molecule has 1 aliphatic carbocycles. The van der Waals surface area contributed by atoms with E-state index in [1.165, 1.54) is 28.5 Å². The average Bonchev–Trinajstić information content (AvgIpc) is 3.46. The van der Waals surface area contributed by atoms with Gasteiger partial charge in [-0.3, -0.25) is 9.55 Å². The number of benzene rings is 2. The Morgan fingerprint density at radius 3 is 2.71 bits per heavy atom.